The highest BCUT2D eigenvalue weighted by Crippen LogP contribution is 2.34. The Labute approximate surface area is 118 Å². The molecule has 6 heteroatoms. The maximum absolute atomic E-state index is 12.8. The quantitative estimate of drug-likeness (QED) is 0.913. The summed E-state index contributed by atoms with van der Waals surface area (Å²) < 4.78 is 38.3. The van der Waals surface area contributed by atoms with Crippen LogP contribution >= 0.6 is 0 Å². The lowest BCUT2D eigenvalue weighted by atomic mass is 9.85. The minimum atomic E-state index is -4.58. The van der Waals surface area contributed by atoms with E-state index in [1.165, 1.54) is 18.2 Å². The SMILES string of the molecule is NC(=O)C(O)(c1ccccc1)c1cccc(C(F)(F)F)c1. The Kier molecular flexibility index (Phi) is 3.74. The zero-order valence-electron chi connectivity index (χ0n) is 10.8. The molecule has 1 atom stereocenters. The van der Waals surface area contributed by atoms with Crippen LogP contribution in [0.3, 0.4) is 0 Å². The highest BCUT2D eigenvalue weighted by atomic mass is 19.4. The maximum atomic E-state index is 12.8. The third kappa shape index (κ3) is 2.75. The molecule has 0 saturated heterocycles. The monoisotopic (exact) mass is 295 g/mol. The summed E-state index contributed by atoms with van der Waals surface area (Å²) in [4.78, 5) is 11.7. The summed E-state index contributed by atoms with van der Waals surface area (Å²) in [5, 5.41) is 10.6. The lowest BCUT2D eigenvalue weighted by molar-refractivity contribution is -0.138. The number of carbonyl (C=O) groups is 1. The molecule has 0 saturated carbocycles. The van der Waals surface area contributed by atoms with Gasteiger partial charge in [-0.3, -0.25) is 4.79 Å². The van der Waals surface area contributed by atoms with Crippen molar-refractivity contribution < 1.29 is 23.1 Å². The average molecular weight is 295 g/mol. The Morgan fingerprint density at radius 2 is 1.43 bits per heavy atom. The number of amides is 1. The first-order valence-electron chi connectivity index (χ1n) is 6.02. The minimum absolute atomic E-state index is 0.108. The molecule has 110 valence electrons. The van der Waals surface area contributed by atoms with Crippen LogP contribution in [-0.4, -0.2) is 11.0 Å². The number of hydrogen-bond donors (Lipinski definition) is 2. The zero-order chi connectivity index (χ0) is 15.7. The Morgan fingerprint density at radius 1 is 0.905 bits per heavy atom. The maximum Gasteiger partial charge on any atom is 0.416 e. The van der Waals surface area contributed by atoms with E-state index >= 15 is 0 Å². The second kappa shape index (κ2) is 5.21. The van der Waals surface area contributed by atoms with E-state index in [2.05, 4.69) is 0 Å². The number of carbonyl (C=O) groups excluding carboxylic acids is 1. The lowest BCUT2D eigenvalue weighted by Gasteiger charge is -2.26. The summed E-state index contributed by atoms with van der Waals surface area (Å²) in [6.07, 6.45) is -4.58. The van der Waals surface area contributed by atoms with Gasteiger partial charge in [0.05, 0.1) is 5.56 Å². The molecule has 21 heavy (non-hydrogen) atoms. The van der Waals surface area contributed by atoms with E-state index in [0.29, 0.717) is 0 Å². The van der Waals surface area contributed by atoms with Crippen molar-refractivity contribution in [3.05, 3.63) is 71.3 Å². The summed E-state index contributed by atoms with van der Waals surface area (Å²) in [5.41, 5.74) is 1.83. The van der Waals surface area contributed by atoms with Crippen molar-refractivity contribution in [3.8, 4) is 0 Å². The number of aliphatic hydroxyl groups is 1. The molecule has 3 N–H and O–H groups in total. The third-order valence-electron chi connectivity index (χ3n) is 3.16. The Bertz CT molecular complexity index is 655. The summed E-state index contributed by atoms with van der Waals surface area (Å²) in [7, 11) is 0. The number of halogens is 3. The van der Waals surface area contributed by atoms with Crippen LogP contribution in [-0.2, 0) is 16.6 Å². The van der Waals surface area contributed by atoms with Crippen molar-refractivity contribution in [2.75, 3.05) is 0 Å². The molecule has 3 nitrogen and oxygen atoms in total. The predicted octanol–water partition coefficient (Wildman–Crippen LogP) is 2.43. The fourth-order valence-electron chi connectivity index (χ4n) is 2.05. The lowest BCUT2D eigenvalue weighted by Crippen LogP contribution is -2.42. The number of rotatable bonds is 3. The van der Waals surface area contributed by atoms with Crippen molar-refractivity contribution in [1.82, 2.24) is 0 Å². The highest BCUT2D eigenvalue weighted by Gasteiger charge is 2.40. The van der Waals surface area contributed by atoms with Gasteiger partial charge in [0, 0.05) is 0 Å². The summed E-state index contributed by atoms with van der Waals surface area (Å²) in [5.74, 6) is -1.15. The van der Waals surface area contributed by atoms with Crippen LogP contribution in [0.5, 0.6) is 0 Å². The normalized spacial score (nSPS) is 14.5. The Morgan fingerprint density at radius 3 is 1.95 bits per heavy atom. The molecule has 2 rings (SSSR count). The molecule has 0 radical (unpaired) electrons. The first-order chi connectivity index (χ1) is 9.76. The van der Waals surface area contributed by atoms with Crippen molar-refractivity contribution >= 4 is 5.91 Å². The predicted molar refractivity (Wildman–Crippen MR) is 70.1 cm³/mol. The van der Waals surface area contributed by atoms with Crippen molar-refractivity contribution in [2.45, 2.75) is 11.8 Å². The van der Waals surface area contributed by atoms with Gasteiger partial charge in [0.15, 0.2) is 5.60 Å². The Hall–Kier alpha value is -2.34. The fourth-order valence-corrected chi connectivity index (χ4v) is 2.05. The van der Waals surface area contributed by atoms with Gasteiger partial charge in [-0.25, -0.2) is 0 Å². The van der Waals surface area contributed by atoms with Crippen LogP contribution < -0.4 is 5.73 Å². The van der Waals surface area contributed by atoms with Gasteiger partial charge >= 0.3 is 6.18 Å². The van der Waals surface area contributed by atoms with Gasteiger partial charge in [-0.2, -0.15) is 13.2 Å². The van der Waals surface area contributed by atoms with Crippen LogP contribution in [0.15, 0.2) is 54.6 Å². The molecule has 0 bridgehead atoms. The van der Waals surface area contributed by atoms with E-state index < -0.39 is 23.2 Å². The van der Waals surface area contributed by atoms with Gasteiger partial charge in [-0.15, -0.1) is 0 Å². The molecule has 0 aliphatic heterocycles. The highest BCUT2D eigenvalue weighted by molar-refractivity contribution is 5.88. The van der Waals surface area contributed by atoms with Crippen LogP contribution in [0.2, 0.25) is 0 Å². The topological polar surface area (TPSA) is 63.3 Å². The molecular weight excluding hydrogens is 283 g/mol. The zero-order valence-corrected chi connectivity index (χ0v) is 10.8. The smallest absolute Gasteiger partial charge is 0.372 e. The second-order valence-electron chi connectivity index (χ2n) is 4.52. The number of primary amides is 1. The first-order valence-corrected chi connectivity index (χ1v) is 6.02. The van der Waals surface area contributed by atoms with Crippen LogP contribution in [0.25, 0.3) is 0 Å². The standard InChI is InChI=1S/C15H12F3NO2/c16-15(17,18)12-8-4-7-11(9-12)14(21,13(19)20)10-5-2-1-3-6-10/h1-9,21H,(H2,19,20). The molecule has 1 unspecified atom stereocenters. The van der Waals surface area contributed by atoms with Crippen molar-refractivity contribution in [3.63, 3.8) is 0 Å². The second-order valence-corrected chi connectivity index (χ2v) is 4.52. The van der Waals surface area contributed by atoms with E-state index in [1.54, 1.807) is 18.2 Å². The van der Waals surface area contributed by atoms with Gasteiger partial charge in [0.1, 0.15) is 0 Å². The van der Waals surface area contributed by atoms with E-state index in [9.17, 15) is 23.1 Å². The van der Waals surface area contributed by atoms with Crippen LogP contribution in [0, 0.1) is 0 Å². The summed E-state index contributed by atoms with van der Waals surface area (Å²) in [6, 6.07) is 11.5. The molecule has 2 aromatic carbocycles. The molecule has 0 heterocycles. The summed E-state index contributed by atoms with van der Waals surface area (Å²) >= 11 is 0. The van der Waals surface area contributed by atoms with Crippen molar-refractivity contribution in [1.29, 1.82) is 0 Å². The number of nitrogens with two attached hydrogens (primary N) is 1. The number of alkyl halides is 3. The largest absolute Gasteiger partial charge is 0.416 e. The van der Waals surface area contributed by atoms with Gasteiger partial charge in [0.25, 0.3) is 5.91 Å². The molecule has 0 spiro atoms. The molecule has 1 amide bonds. The fraction of sp³-hybridized carbons (Fsp3) is 0.133. The number of hydrogen-bond acceptors (Lipinski definition) is 2. The first kappa shape index (κ1) is 15.1. The van der Waals surface area contributed by atoms with Crippen LogP contribution in [0.1, 0.15) is 16.7 Å². The van der Waals surface area contributed by atoms with E-state index in [4.69, 9.17) is 5.73 Å². The van der Waals surface area contributed by atoms with E-state index in [1.807, 2.05) is 0 Å². The van der Waals surface area contributed by atoms with Gasteiger partial charge in [-0.1, -0.05) is 42.5 Å². The molecule has 0 aromatic heterocycles. The molecule has 0 aliphatic rings. The molecular formula is C15H12F3NO2. The van der Waals surface area contributed by atoms with E-state index in [-0.39, 0.29) is 11.1 Å². The molecule has 0 aliphatic carbocycles. The average Bonchev–Trinajstić information content (AvgIpc) is 2.46. The van der Waals surface area contributed by atoms with E-state index in [0.717, 1.165) is 18.2 Å². The van der Waals surface area contributed by atoms with Gasteiger partial charge < -0.3 is 10.8 Å². The van der Waals surface area contributed by atoms with Gasteiger partial charge in [0.2, 0.25) is 0 Å². The molecule has 0 fully saturated rings. The van der Waals surface area contributed by atoms with Crippen LogP contribution in [0.4, 0.5) is 13.2 Å². The Balaban J connectivity index is 2.62. The third-order valence-corrected chi connectivity index (χ3v) is 3.16. The van der Waals surface area contributed by atoms with Gasteiger partial charge in [-0.05, 0) is 23.3 Å². The number of benzene rings is 2. The minimum Gasteiger partial charge on any atom is -0.372 e. The van der Waals surface area contributed by atoms with Crippen molar-refractivity contribution in [2.24, 2.45) is 5.73 Å². The molecule has 2 aromatic rings. The summed E-state index contributed by atoms with van der Waals surface area (Å²) in [6.45, 7) is 0.